The van der Waals surface area contributed by atoms with Crippen molar-refractivity contribution in [2.75, 3.05) is 17.2 Å². The zero-order valence-corrected chi connectivity index (χ0v) is 9.60. The molecule has 0 saturated carbocycles. The van der Waals surface area contributed by atoms with Gasteiger partial charge in [0.1, 0.15) is 11.6 Å². The van der Waals surface area contributed by atoms with Crippen molar-refractivity contribution in [2.24, 2.45) is 0 Å². The number of anilines is 3. The minimum atomic E-state index is -0.265. The number of para-hydroxylation sites is 1. The number of hydrogen-bond acceptors (Lipinski definition) is 3. The predicted octanol–water partition coefficient (Wildman–Crippen LogP) is 2.96. The maximum Gasteiger partial charge on any atom is 0.146 e. The van der Waals surface area contributed by atoms with Crippen LogP contribution in [-0.4, -0.2) is 11.5 Å². The molecule has 1 aromatic carbocycles. The molecule has 4 heteroatoms. The number of nitrogen functional groups attached to an aromatic ring is 1. The average Bonchev–Trinajstić information content (AvgIpc) is 2.33. The van der Waals surface area contributed by atoms with E-state index in [0.717, 1.165) is 0 Å². The second-order valence-electron chi connectivity index (χ2n) is 3.64. The summed E-state index contributed by atoms with van der Waals surface area (Å²) in [6.07, 6.45) is 1.62. The fourth-order valence-corrected chi connectivity index (χ4v) is 1.71. The van der Waals surface area contributed by atoms with Crippen molar-refractivity contribution in [1.29, 1.82) is 0 Å². The summed E-state index contributed by atoms with van der Waals surface area (Å²) in [6, 6.07) is 10.1. The fourth-order valence-electron chi connectivity index (χ4n) is 1.71. The molecule has 0 saturated heterocycles. The van der Waals surface area contributed by atoms with E-state index in [2.05, 4.69) is 4.98 Å². The van der Waals surface area contributed by atoms with Crippen molar-refractivity contribution in [2.45, 2.75) is 6.92 Å². The van der Waals surface area contributed by atoms with E-state index < -0.39 is 0 Å². The number of rotatable bonds is 3. The van der Waals surface area contributed by atoms with Gasteiger partial charge in [0.2, 0.25) is 0 Å². The Labute approximate surface area is 99.7 Å². The van der Waals surface area contributed by atoms with E-state index in [1.165, 1.54) is 6.07 Å². The van der Waals surface area contributed by atoms with Crippen molar-refractivity contribution in [3.63, 3.8) is 0 Å². The van der Waals surface area contributed by atoms with Crippen molar-refractivity contribution in [1.82, 2.24) is 4.98 Å². The van der Waals surface area contributed by atoms with E-state index in [1.54, 1.807) is 41.4 Å². The van der Waals surface area contributed by atoms with Gasteiger partial charge in [-0.05, 0) is 25.1 Å². The Balaban J connectivity index is 2.44. The number of benzene rings is 1. The number of nitrogens with zero attached hydrogens (tertiary/aromatic N) is 2. The van der Waals surface area contributed by atoms with Crippen LogP contribution in [-0.2, 0) is 0 Å². The molecule has 0 atom stereocenters. The standard InChI is InChI=1S/C13H14FN3/c1-2-17(12-6-4-3-5-11(12)14)13-9-10(15)7-8-16-13/h3-9H,2H2,1H3,(H2,15,16). The highest BCUT2D eigenvalue weighted by Crippen LogP contribution is 2.26. The molecule has 0 fully saturated rings. The molecular formula is C13H14FN3. The highest BCUT2D eigenvalue weighted by molar-refractivity contribution is 5.63. The first-order valence-corrected chi connectivity index (χ1v) is 5.46. The van der Waals surface area contributed by atoms with Gasteiger partial charge in [0.05, 0.1) is 5.69 Å². The van der Waals surface area contributed by atoms with Crippen LogP contribution in [0.5, 0.6) is 0 Å². The van der Waals surface area contributed by atoms with Crippen LogP contribution in [0.15, 0.2) is 42.6 Å². The van der Waals surface area contributed by atoms with Gasteiger partial charge in [0.25, 0.3) is 0 Å². The summed E-state index contributed by atoms with van der Waals surface area (Å²) in [5.74, 6) is 0.385. The zero-order valence-electron chi connectivity index (χ0n) is 9.60. The first-order chi connectivity index (χ1) is 8.22. The van der Waals surface area contributed by atoms with Gasteiger partial charge in [-0.15, -0.1) is 0 Å². The minimum Gasteiger partial charge on any atom is -0.399 e. The number of aromatic nitrogens is 1. The van der Waals surface area contributed by atoms with E-state index in [9.17, 15) is 4.39 Å². The minimum absolute atomic E-state index is 0.265. The van der Waals surface area contributed by atoms with E-state index in [4.69, 9.17) is 5.73 Å². The molecule has 0 aliphatic carbocycles. The van der Waals surface area contributed by atoms with E-state index in [-0.39, 0.29) is 5.82 Å². The first-order valence-electron chi connectivity index (χ1n) is 5.46. The molecule has 0 bridgehead atoms. The van der Waals surface area contributed by atoms with Crippen molar-refractivity contribution in [3.8, 4) is 0 Å². The molecule has 0 radical (unpaired) electrons. The molecule has 2 rings (SSSR count). The Hall–Kier alpha value is -2.10. The second-order valence-corrected chi connectivity index (χ2v) is 3.64. The van der Waals surface area contributed by atoms with Gasteiger partial charge in [-0.1, -0.05) is 12.1 Å². The molecule has 3 nitrogen and oxygen atoms in total. The Morgan fingerprint density at radius 3 is 2.71 bits per heavy atom. The van der Waals surface area contributed by atoms with Crippen molar-refractivity contribution in [3.05, 3.63) is 48.4 Å². The van der Waals surface area contributed by atoms with Gasteiger partial charge in [-0.25, -0.2) is 9.37 Å². The number of halogens is 1. The summed E-state index contributed by atoms with van der Waals surface area (Å²) >= 11 is 0. The lowest BCUT2D eigenvalue weighted by Crippen LogP contribution is -2.18. The van der Waals surface area contributed by atoms with Crippen molar-refractivity contribution >= 4 is 17.2 Å². The lowest BCUT2D eigenvalue weighted by atomic mass is 10.2. The van der Waals surface area contributed by atoms with E-state index in [1.807, 2.05) is 6.92 Å². The van der Waals surface area contributed by atoms with Gasteiger partial charge in [-0.3, -0.25) is 0 Å². The lowest BCUT2D eigenvalue weighted by Gasteiger charge is -2.22. The monoisotopic (exact) mass is 231 g/mol. The highest BCUT2D eigenvalue weighted by Gasteiger charge is 2.12. The number of hydrogen-bond donors (Lipinski definition) is 1. The van der Waals surface area contributed by atoms with Crippen LogP contribution in [0.3, 0.4) is 0 Å². The number of nitrogens with two attached hydrogens (primary N) is 1. The van der Waals surface area contributed by atoms with Crippen LogP contribution in [0, 0.1) is 5.82 Å². The molecule has 0 amide bonds. The Kier molecular flexibility index (Phi) is 3.23. The molecule has 0 aliphatic heterocycles. The van der Waals surface area contributed by atoms with Gasteiger partial charge in [0, 0.05) is 24.5 Å². The normalized spacial score (nSPS) is 10.2. The molecule has 17 heavy (non-hydrogen) atoms. The average molecular weight is 231 g/mol. The fraction of sp³-hybridized carbons (Fsp3) is 0.154. The highest BCUT2D eigenvalue weighted by atomic mass is 19.1. The molecule has 0 spiro atoms. The maximum atomic E-state index is 13.7. The van der Waals surface area contributed by atoms with Gasteiger partial charge >= 0.3 is 0 Å². The summed E-state index contributed by atoms with van der Waals surface area (Å²) in [4.78, 5) is 5.99. The smallest absolute Gasteiger partial charge is 0.146 e. The quantitative estimate of drug-likeness (QED) is 0.883. The molecule has 0 aliphatic rings. The summed E-state index contributed by atoms with van der Waals surface area (Å²) in [5, 5.41) is 0. The van der Waals surface area contributed by atoms with Crippen molar-refractivity contribution < 1.29 is 4.39 Å². The van der Waals surface area contributed by atoms with E-state index in [0.29, 0.717) is 23.7 Å². The Morgan fingerprint density at radius 2 is 2.06 bits per heavy atom. The molecule has 2 aromatic rings. The summed E-state index contributed by atoms with van der Waals surface area (Å²) in [7, 11) is 0. The largest absolute Gasteiger partial charge is 0.399 e. The van der Waals surface area contributed by atoms with Gasteiger partial charge < -0.3 is 10.6 Å². The van der Waals surface area contributed by atoms with Gasteiger partial charge in [0.15, 0.2) is 0 Å². The SMILES string of the molecule is CCN(c1cc(N)ccn1)c1ccccc1F. The second kappa shape index (κ2) is 4.82. The molecule has 0 unspecified atom stereocenters. The van der Waals surface area contributed by atoms with Crippen LogP contribution >= 0.6 is 0 Å². The lowest BCUT2D eigenvalue weighted by molar-refractivity contribution is 0.625. The third-order valence-electron chi connectivity index (χ3n) is 2.51. The Bertz CT molecular complexity index is 514. The molecule has 1 heterocycles. The third kappa shape index (κ3) is 2.36. The molecule has 2 N–H and O–H groups in total. The van der Waals surface area contributed by atoms with Crippen LogP contribution in [0.4, 0.5) is 21.6 Å². The van der Waals surface area contributed by atoms with Crippen LogP contribution < -0.4 is 10.6 Å². The summed E-state index contributed by atoms with van der Waals surface area (Å²) in [5.41, 5.74) is 6.83. The van der Waals surface area contributed by atoms with Gasteiger partial charge in [-0.2, -0.15) is 0 Å². The summed E-state index contributed by atoms with van der Waals surface area (Å²) in [6.45, 7) is 2.56. The number of pyridine rings is 1. The van der Waals surface area contributed by atoms with Crippen LogP contribution in [0.25, 0.3) is 0 Å². The predicted molar refractivity (Wildman–Crippen MR) is 67.7 cm³/mol. The van der Waals surface area contributed by atoms with Crippen LogP contribution in [0.1, 0.15) is 6.92 Å². The molecule has 1 aromatic heterocycles. The third-order valence-corrected chi connectivity index (χ3v) is 2.51. The molecular weight excluding hydrogens is 217 g/mol. The molecule has 88 valence electrons. The van der Waals surface area contributed by atoms with E-state index >= 15 is 0 Å². The van der Waals surface area contributed by atoms with Crippen LogP contribution in [0.2, 0.25) is 0 Å². The summed E-state index contributed by atoms with van der Waals surface area (Å²) < 4.78 is 13.7. The Morgan fingerprint density at radius 1 is 1.29 bits per heavy atom. The maximum absolute atomic E-state index is 13.7. The zero-order chi connectivity index (χ0) is 12.3. The first kappa shape index (κ1) is 11.4. The topological polar surface area (TPSA) is 42.1 Å².